The van der Waals surface area contributed by atoms with Gasteiger partial charge in [0.1, 0.15) is 0 Å². The number of hydrogen-bond acceptors (Lipinski definition) is 6. The van der Waals surface area contributed by atoms with Crippen molar-refractivity contribution >= 4 is 34.7 Å². The molecule has 0 spiro atoms. The van der Waals surface area contributed by atoms with Gasteiger partial charge in [0, 0.05) is 55.4 Å². The molecule has 0 bridgehead atoms. The van der Waals surface area contributed by atoms with E-state index in [-0.39, 0.29) is 11.6 Å². The number of benzene rings is 2. The number of rotatable bonds is 10. The minimum absolute atomic E-state index is 0.0547. The fraction of sp³-hybridized carbons (Fsp3) is 0.440. The average molecular weight is 483 g/mol. The molecule has 3 N–H and O–H groups in total. The molecular weight excluding hydrogens is 448 g/mol. The third-order valence-electron chi connectivity index (χ3n) is 6.14. The van der Waals surface area contributed by atoms with E-state index in [4.69, 9.17) is 0 Å². The van der Waals surface area contributed by atoms with Crippen LogP contribution in [0, 0.1) is 10.1 Å². The van der Waals surface area contributed by atoms with Gasteiger partial charge in [-0.1, -0.05) is 13.8 Å². The number of non-ortho nitro benzene ring substituents is 1. The molecular formula is C25H34N6O4. The first-order valence-electron chi connectivity index (χ1n) is 12.1. The standard InChI is InChI=1S/C25H34N6O4/c1-3-29(4-2)17-14-26-24(32)22-18-20(10-13-23(22)30-15-6-5-7-16-30)28-25(33)27-19-8-11-21(12-9-19)31(34)35/h8-13,18H,3-7,14-17H2,1-2H3,(H,26,32)(H2,27,28,33). The van der Waals surface area contributed by atoms with E-state index in [0.29, 0.717) is 23.5 Å². The monoisotopic (exact) mass is 482 g/mol. The molecule has 1 aliphatic rings. The first kappa shape index (κ1) is 26.0. The summed E-state index contributed by atoms with van der Waals surface area (Å²) in [7, 11) is 0. The number of nitrogens with one attached hydrogen (secondary N) is 3. The second-order valence-electron chi connectivity index (χ2n) is 8.45. The molecule has 10 nitrogen and oxygen atoms in total. The summed E-state index contributed by atoms with van der Waals surface area (Å²) in [6.45, 7) is 9.14. The summed E-state index contributed by atoms with van der Waals surface area (Å²) in [5, 5.41) is 19.2. The number of amides is 3. The largest absolute Gasteiger partial charge is 0.371 e. The smallest absolute Gasteiger partial charge is 0.323 e. The van der Waals surface area contributed by atoms with E-state index < -0.39 is 11.0 Å². The summed E-state index contributed by atoms with van der Waals surface area (Å²) in [6.07, 6.45) is 3.35. The third kappa shape index (κ3) is 7.41. The molecule has 0 unspecified atom stereocenters. The van der Waals surface area contributed by atoms with Crippen LogP contribution in [-0.2, 0) is 0 Å². The Labute approximate surface area is 205 Å². The van der Waals surface area contributed by atoms with E-state index in [2.05, 4.69) is 39.6 Å². The number of hydrogen-bond donors (Lipinski definition) is 3. The van der Waals surface area contributed by atoms with Gasteiger partial charge in [-0.25, -0.2) is 4.79 Å². The fourth-order valence-corrected chi connectivity index (χ4v) is 4.13. The van der Waals surface area contributed by atoms with Crippen molar-refractivity contribution in [2.45, 2.75) is 33.1 Å². The zero-order valence-electron chi connectivity index (χ0n) is 20.4. The Bertz CT molecular complexity index is 1020. The van der Waals surface area contributed by atoms with Crippen molar-refractivity contribution in [2.75, 3.05) is 54.8 Å². The molecule has 0 saturated carbocycles. The Morgan fingerprint density at radius 1 is 0.971 bits per heavy atom. The molecule has 0 radical (unpaired) electrons. The molecule has 0 atom stereocenters. The van der Waals surface area contributed by atoms with E-state index in [1.54, 1.807) is 12.1 Å². The lowest BCUT2D eigenvalue weighted by molar-refractivity contribution is -0.384. The van der Waals surface area contributed by atoms with Crippen molar-refractivity contribution in [1.82, 2.24) is 10.2 Å². The SMILES string of the molecule is CCN(CC)CCNC(=O)c1cc(NC(=O)Nc2ccc([N+](=O)[O-])cc2)ccc1N1CCCCC1. The fourth-order valence-electron chi connectivity index (χ4n) is 4.13. The second-order valence-corrected chi connectivity index (χ2v) is 8.45. The van der Waals surface area contributed by atoms with Gasteiger partial charge in [0.2, 0.25) is 0 Å². The van der Waals surface area contributed by atoms with Gasteiger partial charge in [0.25, 0.3) is 11.6 Å². The highest BCUT2D eigenvalue weighted by molar-refractivity contribution is 6.04. The van der Waals surface area contributed by atoms with Crippen LogP contribution >= 0.6 is 0 Å². The first-order valence-corrected chi connectivity index (χ1v) is 12.1. The first-order chi connectivity index (χ1) is 16.9. The van der Waals surface area contributed by atoms with E-state index >= 15 is 0 Å². The summed E-state index contributed by atoms with van der Waals surface area (Å²) in [6, 6.07) is 10.4. The van der Waals surface area contributed by atoms with Crippen LogP contribution in [-0.4, -0.2) is 61.0 Å². The highest BCUT2D eigenvalue weighted by Gasteiger charge is 2.20. The van der Waals surface area contributed by atoms with Crippen molar-refractivity contribution in [1.29, 1.82) is 0 Å². The van der Waals surface area contributed by atoms with Crippen molar-refractivity contribution in [3.05, 3.63) is 58.1 Å². The summed E-state index contributed by atoms with van der Waals surface area (Å²) in [4.78, 5) is 40.4. The predicted octanol–water partition coefficient (Wildman–Crippen LogP) is 4.30. The Morgan fingerprint density at radius 3 is 2.23 bits per heavy atom. The molecule has 2 aromatic rings. The maximum atomic E-state index is 13.1. The number of nitrogens with zero attached hydrogens (tertiary/aromatic N) is 3. The lowest BCUT2D eigenvalue weighted by atomic mass is 10.1. The highest BCUT2D eigenvalue weighted by atomic mass is 16.6. The molecule has 35 heavy (non-hydrogen) atoms. The lowest BCUT2D eigenvalue weighted by Gasteiger charge is -2.30. The molecule has 1 fully saturated rings. The molecule has 1 aliphatic heterocycles. The number of carbonyl (C=O) groups excluding carboxylic acids is 2. The van der Waals surface area contributed by atoms with Crippen LogP contribution in [0.25, 0.3) is 0 Å². The van der Waals surface area contributed by atoms with Gasteiger partial charge in [-0.2, -0.15) is 0 Å². The molecule has 0 aromatic heterocycles. The van der Waals surface area contributed by atoms with Crippen molar-refractivity contribution in [3.8, 4) is 0 Å². The molecule has 188 valence electrons. The molecule has 3 amide bonds. The van der Waals surface area contributed by atoms with E-state index in [1.807, 2.05) is 6.07 Å². The van der Waals surface area contributed by atoms with Crippen LogP contribution < -0.4 is 20.9 Å². The number of nitro benzene ring substituents is 1. The van der Waals surface area contributed by atoms with Gasteiger partial charge in [0.15, 0.2) is 0 Å². The third-order valence-corrected chi connectivity index (χ3v) is 6.14. The van der Waals surface area contributed by atoms with E-state index in [9.17, 15) is 19.7 Å². The normalized spacial score (nSPS) is 13.4. The van der Waals surface area contributed by atoms with Gasteiger partial charge in [-0.15, -0.1) is 0 Å². The van der Waals surface area contributed by atoms with Crippen molar-refractivity contribution < 1.29 is 14.5 Å². The molecule has 1 saturated heterocycles. The Kier molecular flexibility index (Phi) is 9.42. The van der Waals surface area contributed by atoms with Crippen LogP contribution in [0.3, 0.4) is 0 Å². The molecule has 1 heterocycles. The van der Waals surface area contributed by atoms with Crippen LogP contribution in [0.5, 0.6) is 0 Å². The summed E-state index contributed by atoms with van der Waals surface area (Å²) in [5.41, 5.74) is 2.25. The maximum Gasteiger partial charge on any atom is 0.323 e. The Hall–Kier alpha value is -3.66. The summed E-state index contributed by atoms with van der Waals surface area (Å²) in [5.74, 6) is -0.169. The number of urea groups is 1. The van der Waals surface area contributed by atoms with Crippen LogP contribution in [0.2, 0.25) is 0 Å². The van der Waals surface area contributed by atoms with Gasteiger partial charge >= 0.3 is 6.03 Å². The van der Waals surface area contributed by atoms with Gasteiger partial charge in [-0.3, -0.25) is 14.9 Å². The Morgan fingerprint density at radius 2 is 1.60 bits per heavy atom. The number of piperidine rings is 1. The second kappa shape index (κ2) is 12.7. The maximum absolute atomic E-state index is 13.1. The highest BCUT2D eigenvalue weighted by Crippen LogP contribution is 2.27. The zero-order valence-corrected chi connectivity index (χ0v) is 20.4. The van der Waals surface area contributed by atoms with Crippen molar-refractivity contribution in [2.24, 2.45) is 0 Å². The lowest BCUT2D eigenvalue weighted by Crippen LogP contribution is -2.36. The average Bonchev–Trinajstić information content (AvgIpc) is 2.87. The molecule has 3 rings (SSSR count). The van der Waals surface area contributed by atoms with Crippen LogP contribution in [0.4, 0.5) is 27.5 Å². The number of nitro groups is 1. The van der Waals surface area contributed by atoms with E-state index in [1.165, 1.54) is 30.7 Å². The van der Waals surface area contributed by atoms with Gasteiger partial charge in [0.05, 0.1) is 10.5 Å². The minimum atomic E-state index is -0.502. The summed E-state index contributed by atoms with van der Waals surface area (Å²) >= 11 is 0. The van der Waals surface area contributed by atoms with Crippen molar-refractivity contribution in [3.63, 3.8) is 0 Å². The van der Waals surface area contributed by atoms with Gasteiger partial charge in [-0.05, 0) is 62.7 Å². The molecule has 0 aliphatic carbocycles. The van der Waals surface area contributed by atoms with E-state index in [0.717, 1.165) is 51.3 Å². The number of likely N-dealkylation sites (N-methyl/N-ethyl adjacent to an activating group) is 1. The summed E-state index contributed by atoms with van der Waals surface area (Å²) < 4.78 is 0. The molecule has 10 heteroatoms. The zero-order chi connectivity index (χ0) is 25.2. The number of carbonyl (C=O) groups is 2. The number of anilines is 3. The topological polar surface area (TPSA) is 120 Å². The predicted molar refractivity (Wildman–Crippen MR) is 138 cm³/mol. The van der Waals surface area contributed by atoms with Gasteiger partial charge < -0.3 is 25.8 Å². The van der Waals surface area contributed by atoms with Crippen LogP contribution in [0.1, 0.15) is 43.5 Å². The Balaban J connectivity index is 1.72. The quantitative estimate of drug-likeness (QED) is 0.343. The molecule has 2 aromatic carbocycles. The van der Waals surface area contributed by atoms with Crippen LogP contribution in [0.15, 0.2) is 42.5 Å². The minimum Gasteiger partial charge on any atom is -0.371 e.